The standard InChI is InChI=1S/C25H19N3/c1-14-7-9-17-19(11-14)20-12-15(2)8-10-18(20)24-23(17)27-25(28-24)21-13-26-22-6-4-3-5-16(21)22/h3-13,26H,1-2H3,(H,27,28). The molecule has 2 heterocycles. The fraction of sp³-hybridized carbons (Fsp3) is 0.0800. The molecule has 0 aliphatic heterocycles. The maximum absolute atomic E-state index is 5.06. The minimum atomic E-state index is 0.905. The van der Waals surface area contributed by atoms with E-state index in [0.717, 1.165) is 27.9 Å². The van der Waals surface area contributed by atoms with Gasteiger partial charge in [0.15, 0.2) is 0 Å². The fourth-order valence-electron chi connectivity index (χ4n) is 4.34. The molecule has 0 fully saturated rings. The highest BCUT2D eigenvalue weighted by atomic mass is 14.9. The monoisotopic (exact) mass is 361 g/mol. The SMILES string of the molecule is Cc1ccc2c(c1)c1cc(C)ccc1c1[nH]c(-c3c[nH]c4ccccc34)nc21. The quantitative estimate of drug-likeness (QED) is 0.317. The van der Waals surface area contributed by atoms with Crippen LogP contribution in [0.2, 0.25) is 0 Å². The van der Waals surface area contributed by atoms with Crippen LogP contribution in [-0.2, 0) is 0 Å². The Morgan fingerprint density at radius 1 is 0.714 bits per heavy atom. The highest BCUT2D eigenvalue weighted by molar-refractivity contribution is 6.24. The number of aryl methyl sites for hydroxylation is 2. The van der Waals surface area contributed by atoms with E-state index in [1.54, 1.807) is 0 Å². The van der Waals surface area contributed by atoms with E-state index in [-0.39, 0.29) is 0 Å². The molecule has 0 saturated heterocycles. The summed E-state index contributed by atoms with van der Waals surface area (Å²) in [4.78, 5) is 12.0. The topological polar surface area (TPSA) is 44.5 Å². The summed E-state index contributed by atoms with van der Waals surface area (Å²) in [6, 6.07) is 21.7. The molecule has 0 amide bonds. The third-order valence-corrected chi connectivity index (χ3v) is 5.71. The first-order valence-electron chi connectivity index (χ1n) is 9.58. The van der Waals surface area contributed by atoms with Gasteiger partial charge in [-0.1, -0.05) is 65.7 Å². The minimum Gasteiger partial charge on any atom is -0.360 e. The van der Waals surface area contributed by atoms with Gasteiger partial charge in [0, 0.05) is 33.4 Å². The molecule has 134 valence electrons. The van der Waals surface area contributed by atoms with Gasteiger partial charge in [-0.3, -0.25) is 0 Å². The van der Waals surface area contributed by atoms with Crippen LogP contribution in [-0.4, -0.2) is 15.0 Å². The number of nitrogens with one attached hydrogen (secondary N) is 2. The smallest absolute Gasteiger partial charge is 0.140 e. The summed E-state index contributed by atoms with van der Waals surface area (Å²) in [7, 11) is 0. The van der Waals surface area contributed by atoms with Gasteiger partial charge >= 0.3 is 0 Å². The number of hydrogen-bond acceptors (Lipinski definition) is 1. The molecular weight excluding hydrogens is 342 g/mol. The van der Waals surface area contributed by atoms with Gasteiger partial charge in [-0.25, -0.2) is 4.98 Å². The van der Waals surface area contributed by atoms with Crippen LogP contribution in [0.1, 0.15) is 11.1 Å². The molecule has 0 bridgehead atoms. The second-order valence-corrected chi connectivity index (χ2v) is 7.66. The van der Waals surface area contributed by atoms with Crippen molar-refractivity contribution in [3.05, 3.63) is 78.0 Å². The summed E-state index contributed by atoms with van der Waals surface area (Å²) >= 11 is 0. The summed E-state index contributed by atoms with van der Waals surface area (Å²) in [6.07, 6.45) is 2.04. The zero-order valence-corrected chi connectivity index (χ0v) is 15.8. The predicted octanol–water partition coefficient (Wildman–Crippen LogP) is 6.63. The second-order valence-electron chi connectivity index (χ2n) is 7.66. The van der Waals surface area contributed by atoms with Gasteiger partial charge in [0.25, 0.3) is 0 Å². The second kappa shape index (κ2) is 5.46. The first kappa shape index (κ1) is 15.5. The highest BCUT2D eigenvalue weighted by Gasteiger charge is 2.16. The normalized spacial score (nSPS) is 11.9. The van der Waals surface area contributed by atoms with Crippen LogP contribution in [0.5, 0.6) is 0 Å². The number of rotatable bonds is 1. The summed E-state index contributed by atoms with van der Waals surface area (Å²) in [5.41, 5.74) is 6.90. The van der Waals surface area contributed by atoms with E-state index in [1.807, 2.05) is 12.3 Å². The largest absolute Gasteiger partial charge is 0.360 e. The van der Waals surface area contributed by atoms with Crippen LogP contribution in [0.4, 0.5) is 0 Å². The van der Waals surface area contributed by atoms with Crippen LogP contribution in [0.3, 0.4) is 0 Å². The van der Waals surface area contributed by atoms with E-state index in [1.165, 1.54) is 38.1 Å². The van der Waals surface area contributed by atoms with Crippen molar-refractivity contribution in [3.8, 4) is 11.4 Å². The number of imidazole rings is 1. The van der Waals surface area contributed by atoms with Crippen LogP contribution >= 0.6 is 0 Å². The van der Waals surface area contributed by atoms with Gasteiger partial charge in [0.1, 0.15) is 5.82 Å². The van der Waals surface area contributed by atoms with E-state index in [0.29, 0.717) is 0 Å². The molecule has 2 aromatic heterocycles. The van der Waals surface area contributed by atoms with E-state index in [9.17, 15) is 0 Å². The minimum absolute atomic E-state index is 0.905. The Bertz CT molecular complexity index is 1450. The average Bonchev–Trinajstić information content (AvgIpc) is 3.32. The van der Waals surface area contributed by atoms with Crippen molar-refractivity contribution in [2.45, 2.75) is 13.8 Å². The molecule has 2 N–H and O–H groups in total. The lowest BCUT2D eigenvalue weighted by Gasteiger charge is -2.08. The van der Waals surface area contributed by atoms with Gasteiger partial charge in [-0.2, -0.15) is 0 Å². The lowest BCUT2D eigenvalue weighted by Crippen LogP contribution is -1.84. The molecule has 3 nitrogen and oxygen atoms in total. The van der Waals surface area contributed by atoms with E-state index < -0.39 is 0 Å². The molecule has 0 saturated carbocycles. The lowest BCUT2D eigenvalue weighted by molar-refractivity contribution is 1.34. The first-order chi connectivity index (χ1) is 13.7. The number of benzene rings is 4. The fourth-order valence-corrected chi connectivity index (χ4v) is 4.34. The molecule has 0 aliphatic rings. The van der Waals surface area contributed by atoms with Gasteiger partial charge in [0.05, 0.1) is 11.0 Å². The van der Waals surface area contributed by atoms with Gasteiger partial charge in [-0.05, 0) is 30.7 Å². The molecular formula is C25H19N3. The number of para-hydroxylation sites is 1. The van der Waals surface area contributed by atoms with Gasteiger partial charge in [-0.15, -0.1) is 0 Å². The molecule has 0 atom stereocenters. The van der Waals surface area contributed by atoms with Crippen molar-refractivity contribution in [3.63, 3.8) is 0 Å². The van der Waals surface area contributed by atoms with Crippen LogP contribution in [0, 0.1) is 13.8 Å². The summed E-state index contributed by atoms with van der Waals surface area (Å²) in [5.74, 6) is 0.905. The Labute approximate surface area is 162 Å². The van der Waals surface area contributed by atoms with Crippen molar-refractivity contribution in [1.29, 1.82) is 0 Å². The zero-order valence-electron chi connectivity index (χ0n) is 15.8. The lowest BCUT2D eigenvalue weighted by atomic mass is 9.97. The molecule has 3 heteroatoms. The van der Waals surface area contributed by atoms with E-state index in [2.05, 4.69) is 78.4 Å². The van der Waals surface area contributed by atoms with Crippen LogP contribution < -0.4 is 0 Å². The molecule has 6 aromatic rings. The van der Waals surface area contributed by atoms with Gasteiger partial charge in [0.2, 0.25) is 0 Å². The molecule has 28 heavy (non-hydrogen) atoms. The number of fused-ring (bicyclic) bond motifs is 7. The van der Waals surface area contributed by atoms with Gasteiger partial charge < -0.3 is 9.97 Å². The summed E-state index contributed by atoms with van der Waals surface area (Å²) < 4.78 is 0. The van der Waals surface area contributed by atoms with Crippen LogP contribution in [0.15, 0.2) is 66.9 Å². The molecule has 6 rings (SSSR count). The Morgan fingerprint density at radius 2 is 1.43 bits per heavy atom. The summed E-state index contributed by atoms with van der Waals surface area (Å²) in [6.45, 7) is 4.29. The maximum atomic E-state index is 5.06. The van der Waals surface area contributed by atoms with Crippen LogP contribution in [0.25, 0.3) is 54.9 Å². The number of aromatic amines is 2. The third-order valence-electron chi connectivity index (χ3n) is 5.71. The number of hydrogen-bond donors (Lipinski definition) is 2. The first-order valence-corrected chi connectivity index (χ1v) is 9.58. The molecule has 4 aromatic carbocycles. The van der Waals surface area contributed by atoms with Crippen molar-refractivity contribution in [1.82, 2.24) is 15.0 Å². The average molecular weight is 361 g/mol. The predicted molar refractivity (Wildman–Crippen MR) is 118 cm³/mol. The van der Waals surface area contributed by atoms with Crippen molar-refractivity contribution in [2.24, 2.45) is 0 Å². The Balaban J connectivity index is 1.78. The Kier molecular flexibility index (Phi) is 3.01. The Morgan fingerprint density at radius 3 is 2.25 bits per heavy atom. The maximum Gasteiger partial charge on any atom is 0.140 e. The Hall–Kier alpha value is -3.59. The van der Waals surface area contributed by atoms with E-state index >= 15 is 0 Å². The van der Waals surface area contributed by atoms with Crippen molar-refractivity contribution >= 4 is 43.5 Å². The number of aromatic nitrogens is 3. The molecule has 0 unspecified atom stereocenters. The van der Waals surface area contributed by atoms with Crippen molar-refractivity contribution in [2.75, 3.05) is 0 Å². The number of H-pyrrole nitrogens is 2. The molecule has 0 aliphatic carbocycles. The zero-order chi connectivity index (χ0) is 18.8. The number of nitrogens with zero attached hydrogens (tertiary/aromatic N) is 1. The highest BCUT2D eigenvalue weighted by Crippen LogP contribution is 2.37. The molecule has 0 spiro atoms. The third kappa shape index (κ3) is 2.07. The van der Waals surface area contributed by atoms with E-state index in [4.69, 9.17) is 4.98 Å². The summed E-state index contributed by atoms with van der Waals surface area (Å²) in [5, 5.41) is 6.14. The van der Waals surface area contributed by atoms with Crippen molar-refractivity contribution < 1.29 is 0 Å². The molecule has 0 radical (unpaired) electrons.